The molecule has 0 aromatic rings. The maximum atomic E-state index is 14.3. The van der Waals surface area contributed by atoms with Crippen LogP contribution in [0.25, 0.3) is 0 Å². The predicted octanol–water partition coefficient (Wildman–Crippen LogP) is 3.63. The van der Waals surface area contributed by atoms with E-state index in [-0.39, 0.29) is 25.0 Å². The molecule has 6 atom stereocenters. The van der Waals surface area contributed by atoms with Gasteiger partial charge in [-0.2, -0.15) is 0 Å². The molecule has 3 aliphatic heterocycles. The summed E-state index contributed by atoms with van der Waals surface area (Å²) < 4.78 is 12.4. The van der Waals surface area contributed by atoms with Crippen molar-refractivity contribution in [1.29, 1.82) is 0 Å². The van der Waals surface area contributed by atoms with E-state index in [0.717, 1.165) is 25.7 Å². The molecular formula is C29H46N2O6. The number of carbonyl (C=O) groups is 3. The Bertz CT molecular complexity index is 857. The van der Waals surface area contributed by atoms with Gasteiger partial charge in [0.2, 0.25) is 11.8 Å². The molecule has 37 heavy (non-hydrogen) atoms. The van der Waals surface area contributed by atoms with Crippen molar-refractivity contribution < 1.29 is 29.0 Å². The summed E-state index contributed by atoms with van der Waals surface area (Å²) in [7, 11) is 0. The van der Waals surface area contributed by atoms with Crippen molar-refractivity contribution in [2.24, 2.45) is 11.8 Å². The second kappa shape index (κ2) is 12.6. The predicted molar refractivity (Wildman–Crippen MR) is 142 cm³/mol. The van der Waals surface area contributed by atoms with Gasteiger partial charge in [-0.3, -0.25) is 14.4 Å². The van der Waals surface area contributed by atoms with Gasteiger partial charge >= 0.3 is 5.97 Å². The number of hydrogen-bond acceptors (Lipinski definition) is 6. The normalized spacial score (nSPS) is 30.8. The molecule has 1 N–H and O–H groups in total. The molecular weight excluding hydrogens is 472 g/mol. The van der Waals surface area contributed by atoms with Gasteiger partial charge < -0.3 is 24.4 Å². The van der Waals surface area contributed by atoms with Gasteiger partial charge in [0.05, 0.1) is 30.8 Å². The highest BCUT2D eigenvalue weighted by molar-refractivity contribution is 5.98. The number of allylic oxidation sites excluding steroid dienone is 1. The number of likely N-dealkylation sites (tertiary alicyclic amines) is 1. The highest BCUT2D eigenvalue weighted by Gasteiger charge is 2.79. The number of rotatable bonds is 16. The molecule has 0 aliphatic carbocycles. The van der Waals surface area contributed by atoms with Crippen LogP contribution < -0.4 is 0 Å². The van der Waals surface area contributed by atoms with E-state index in [1.807, 2.05) is 13.8 Å². The molecule has 3 saturated heterocycles. The summed E-state index contributed by atoms with van der Waals surface area (Å²) in [6.45, 7) is 14.4. The van der Waals surface area contributed by atoms with E-state index in [1.165, 1.54) is 0 Å². The molecule has 2 unspecified atom stereocenters. The third-order valence-corrected chi connectivity index (χ3v) is 8.67. The first-order valence-corrected chi connectivity index (χ1v) is 14.1. The van der Waals surface area contributed by atoms with E-state index in [4.69, 9.17) is 9.47 Å². The lowest BCUT2D eigenvalue weighted by atomic mass is 9.65. The highest BCUT2D eigenvalue weighted by atomic mass is 16.6. The zero-order chi connectivity index (χ0) is 27.2. The van der Waals surface area contributed by atoms with Crippen molar-refractivity contribution in [3.63, 3.8) is 0 Å². The number of aliphatic hydroxyl groups is 1. The number of aliphatic hydroxyl groups excluding tert-OH is 1. The van der Waals surface area contributed by atoms with Gasteiger partial charge in [-0.1, -0.05) is 45.8 Å². The summed E-state index contributed by atoms with van der Waals surface area (Å²) in [4.78, 5) is 45.2. The minimum Gasteiger partial charge on any atom is -0.465 e. The zero-order valence-electron chi connectivity index (χ0n) is 23.0. The molecule has 8 nitrogen and oxygen atoms in total. The van der Waals surface area contributed by atoms with E-state index in [2.05, 4.69) is 20.1 Å². The second-order valence-electron chi connectivity index (χ2n) is 10.7. The fourth-order valence-corrected chi connectivity index (χ4v) is 6.76. The van der Waals surface area contributed by atoms with Crippen LogP contribution in [0.4, 0.5) is 0 Å². The van der Waals surface area contributed by atoms with Crippen molar-refractivity contribution in [2.75, 3.05) is 26.3 Å². The Labute approximate surface area is 222 Å². The second-order valence-corrected chi connectivity index (χ2v) is 10.7. The van der Waals surface area contributed by atoms with Gasteiger partial charge in [-0.05, 0) is 44.9 Å². The average molecular weight is 519 g/mol. The summed E-state index contributed by atoms with van der Waals surface area (Å²) in [6, 6.07) is -1.43. The van der Waals surface area contributed by atoms with Crippen LogP contribution in [0.15, 0.2) is 25.3 Å². The van der Waals surface area contributed by atoms with Gasteiger partial charge in [0.25, 0.3) is 0 Å². The number of amides is 2. The zero-order valence-corrected chi connectivity index (χ0v) is 23.0. The third-order valence-electron chi connectivity index (χ3n) is 8.67. The Morgan fingerprint density at radius 2 is 1.97 bits per heavy atom. The average Bonchev–Trinajstić information content (AvgIpc) is 3.50. The number of nitrogens with zero attached hydrogens (tertiary/aromatic N) is 2. The molecule has 3 fully saturated rings. The van der Waals surface area contributed by atoms with Crippen LogP contribution in [0, 0.1) is 11.8 Å². The first kappa shape index (κ1) is 29.4. The van der Waals surface area contributed by atoms with Gasteiger partial charge in [0.1, 0.15) is 17.6 Å². The third kappa shape index (κ3) is 5.11. The fourth-order valence-electron chi connectivity index (χ4n) is 6.76. The van der Waals surface area contributed by atoms with Crippen LogP contribution in [-0.4, -0.2) is 82.3 Å². The molecule has 1 spiro atoms. The minimum atomic E-state index is -1.11. The number of fused-ring (bicyclic) bond motifs is 1. The summed E-state index contributed by atoms with van der Waals surface area (Å²) in [5, 5.41) is 10.2. The Morgan fingerprint density at radius 1 is 1.22 bits per heavy atom. The van der Waals surface area contributed by atoms with Crippen molar-refractivity contribution in [3.05, 3.63) is 25.3 Å². The monoisotopic (exact) mass is 518 g/mol. The van der Waals surface area contributed by atoms with E-state index in [0.29, 0.717) is 45.2 Å². The lowest BCUT2D eigenvalue weighted by molar-refractivity contribution is -0.163. The van der Waals surface area contributed by atoms with E-state index in [1.54, 1.807) is 22.0 Å². The molecule has 2 bridgehead atoms. The molecule has 0 aromatic heterocycles. The number of ether oxygens (including phenoxy) is 2. The lowest BCUT2D eigenvalue weighted by Gasteiger charge is -2.39. The molecule has 0 aromatic carbocycles. The molecule has 0 radical (unpaired) electrons. The van der Waals surface area contributed by atoms with Crippen molar-refractivity contribution in [1.82, 2.24) is 9.80 Å². The topological polar surface area (TPSA) is 96.4 Å². The summed E-state index contributed by atoms with van der Waals surface area (Å²) in [6.07, 6.45) is 9.89. The van der Waals surface area contributed by atoms with Crippen molar-refractivity contribution >= 4 is 17.8 Å². The van der Waals surface area contributed by atoms with Crippen LogP contribution in [0.5, 0.6) is 0 Å². The fraction of sp³-hybridized carbons (Fsp3) is 0.759. The van der Waals surface area contributed by atoms with E-state index >= 15 is 0 Å². The summed E-state index contributed by atoms with van der Waals surface area (Å²) in [5.74, 6) is -2.47. The molecule has 208 valence electrons. The number of esters is 1. The molecule has 2 amide bonds. The Balaban J connectivity index is 2.03. The van der Waals surface area contributed by atoms with Crippen molar-refractivity contribution in [3.8, 4) is 0 Å². The van der Waals surface area contributed by atoms with Crippen LogP contribution in [0.3, 0.4) is 0 Å². The molecule has 3 rings (SSSR count). The molecule has 0 saturated carbocycles. The highest BCUT2D eigenvalue weighted by Crippen LogP contribution is 2.64. The Morgan fingerprint density at radius 3 is 2.57 bits per heavy atom. The van der Waals surface area contributed by atoms with Crippen LogP contribution >= 0.6 is 0 Å². The summed E-state index contributed by atoms with van der Waals surface area (Å²) in [5.41, 5.74) is -1.94. The quantitative estimate of drug-likeness (QED) is 0.190. The molecule has 3 heterocycles. The molecule has 3 aliphatic rings. The largest absolute Gasteiger partial charge is 0.465 e. The Hall–Kier alpha value is -2.19. The van der Waals surface area contributed by atoms with Gasteiger partial charge in [-0.15, -0.1) is 13.2 Å². The van der Waals surface area contributed by atoms with Crippen LogP contribution in [-0.2, 0) is 23.9 Å². The maximum absolute atomic E-state index is 14.3. The van der Waals surface area contributed by atoms with Gasteiger partial charge in [0, 0.05) is 13.1 Å². The first-order chi connectivity index (χ1) is 17.8. The number of carbonyl (C=O) groups excluding carboxylic acids is 3. The number of hydrogen-bond donors (Lipinski definition) is 1. The van der Waals surface area contributed by atoms with Crippen molar-refractivity contribution in [2.45, 2.75) is 102 Å². The van der Waals surface area contributed by atoms with Crippen LogP contribution in [0.2, 0.25) is 0 Å². The smallest absolute Gasteiger partial charge is 0.312 e. The molecule has 8 heteroatoms. The first-order valence-electron chi connectivity index (χ1n) is 14.1. The lowest BCUT2D eigenvalue weighted by Crippen LogP contribution is -2.59. The minimum absolute atomic E-state index is 0.189. The number of unbranched alkanes of at least 4 members (excludes halogenated alkanes) is 3. The standard InChI is InChI=1S/C29H46N2O6/c1-6-11-13-18-30(17-8-3)26(34)24-29-16-15-28(10-5,37-29)23(27(35)36-19-14-12-7-2)22(29)25(33)31(24)21(9-4)20-32/h7-8,21-24,32H,2-3,6,9-20H2,1,4-5H3/t21-,22-,23-,24?,28+,29?/m0/s1. The summed E-state index contributed by atoms with van der Waals surface area (Å²) >= 11 is 0. The Kier molecular flexibility index (Phi) is 9.98. The van der Waals surface area contributed by atoms with Gasteiger partial charge in [0.15, 0.2) is 0 Å². The SMILES string of the molecule is C=CCCCOC(=O)[C@@H]1[C@H]2C(=O)N([C@@H](CC)CO)C(C(=O)N(CC=C)CCCCC)C23CC[C@@]1(CC)O3. The van der Waals surface area contributed by atoms with Crippen LogP contribution in [0.1, 0.15) is 78.6 Å². The van der Waals surface area contributed by atoms with Gasteiger partial charge in [-0.25, -0.2) is 0 Å². The maximum Gasteiger partial charge on any atom is 0.312 e. The van der Waals surface area contributed by atoms with E-state index in [9.17, 15) is 19.5 Å². The van der Waals surface area contributed by atoms with E-state index < -0.39 is 41.1 Å².